The molecule has 2 heterocycles. The number of hydrogen-bond acceptors (Lipinski definition) is 5. The Hall–Kier alpha value is -3.52. The molecule has 1 N–H and O–H groups in total. The first kappa shape index (κ1) is 24.6. The van der Waals surface area contributed by atoms with Crippen LogP contribution in [0.1, 0.15) is 31.2 Å². The number of aromatic nitrogens is 2. The van der Waals surface area contributed by atoms with Gasteiger partial charge in [-0.25, -0.2) is 0 Å². The Labute approximate surface area is 209 Å². The van der Waals surface area contributed by atoms with Gasteiger partial charge in [0.1, 0.15) is 0 Å². The Morgan fingerprint density at radius 1 is 1.11 bits per heavy atom. The van der Waals surface area contributed by atoms with E-state index < -0.39 is 0 Å². The van der Waals surface area contributed by atoms with E-state index in [1.165, 1.54) is 0 Å². The predicted octanol–water partition coefficient (Wildman–Crippen LogP) is 4.83. The maximum absolute atomic E-state index is 13.0. The zero-order chi connectivity index (χ0) is 24.6. The van der Waals surface area contributed by atoms with Gasteiger partial charge in [-0.1, -0.05) is 23.7 Å². The lowest BCUT2D eigenvalue weighted by atomic mass is 10.1. The molecule has 2 aromatic carbocycles. The van der Waals surface area contributed by atoms with E-state index in [0.29, 0.717) is 54.0 Å². The summed E-state index contributed by atoms with van der Waals surface area (Å²) in [5, 5.41) is 7.47. The lowest BCUT2D eigenvalue weighted by molar-refractivity contribution is -0.134. The first-order chi connectivity index (χ1) is 17.0. The lowest BCUT2D eigenvalue weighted by Gasteiger charge is -2.22. The van der Waals surface area contributed by atoms with Gasteiger partial charge in [0.15, 0.2) is 17.2 Å². The Balaban J connectivity index is 1.52. The third-order valence-electron chi connectivity index (χ3n) is 5.69. The summed E-state index contributed by atoms with van der Waals surface area (Å²) in [6.45, 7) is 0.972. The number of halogens is 1. The van der Waals surface area contributed by atoms with Crippen LogP contribution in [0.4, 0.5) is 5.69 Å². The second kappa shape index (κ2) is 11.8. The van der Waals surface area contributed by atoms with Crippen LogP contribution < -0.4 is 14.8 Å². The van der Waals surface area contributed by atoms with E-state index >= 15 is 0 Å². The highest BCUT2D eigenvalue weighted by Crippen LogP contribution is 2.36. The number of carbonyl (C=O) groups is 2. The number of carbonyl (C=O) groups excluding carboxylic acids is 2. The molecule has 9 heteroatoms. The summed E-state index contributed by atoms with van der Waals surface area (Å²) < 4.78 is 13.8. The highest BCUT2D eigenvalue weighted by molar-refractivity contribution is 6.31. The fourth-order valence-corrected chi connectivity index (χ4v) is 4.06. The number of ether oxygens (including phenoxy) is 2. The quantitative estimate of drug-likeness (QED) is 0.561. The fourth-order valence-electron chi connectivity index (χ4n) is 3.89. The number of amides is 2. The van der Waals surface area contributed by atoms with Gasteiger partial charge in [0.2, 0.25) is 11.8 Å². The van der Waals surface area contributed by atoms with E-state index in [4.69, 9.17) is 21.1 Å². The molecule has 4 rings (SSSR count). The van der Waals surface area contributed by atoms with Crippen LogP contribution in [0.2, 0.25) is 5.02 Å². The molecule has 0 spiro atoms. The molecular weight excluding hydrogens is 468 g/mol. The molecule has 8 nitrogen and oxygen atoms in total. The molecule has 0 saturated carbocycles. The van der Waals surface area contributed by atoms with Gasteiger partial charge in [0.25, 0.3) is 0 Å². The molecule has 1 aromatic heterocycles. The minimum Gasteiger partial charge on any atom is -0.490 e. The van der Waals surface area contributed by atoms with E-state index in [9.17, 15) is 9.59 Å². The van der Waals surface area contributed by atoms with Crippen molar-refractivity contribution in [1.29, 1.82) is 0 Å². The van der Waals surface area contributed by atoms with Crippen molar-refractivity contribution in [3.8, 4) is 17.2 Å². The first-order valence-corrected chi connectivity index (χ1v) is 12.1. The van der Waals surface area contributed by atoms with Crippen LogP contribution in [-0.4, -0.2) is 46.2 Å². The van der Waals surface area contributed by atoms with Crippen LogP contribution in [0, 0.1) is 0 Å². The summed E-state index contributed by atoms with van der Waals surface area (Å²) in [5.74, 6) is 1.23. The monoisotopic (exact) mass is 496 g/mol. The average molecular weight is 497 g/mol. The van der Waals surface area contributed by atoms with E-state index in [-0.39, 0.29) is 18.4 Å². The highest BCUT2D eigenvalue weighted by atomic mass is 35.5. The van der Waals surface area contributed by atoms with Crippen molar-refractivity contribution in [3.63, 3.8) is 0 Å². The summed E-state index contributed by atoms with van der Waals surface area (Å²) >= 11 is 6.20. The molecule has 1 aliphatic rings. The van der Waals surface area contributed by atoms with Gasteiger partial charge in [-0.3, -0.25) is 14.3 Å². The van der Waals surface area contributed by atoms with Gasteiger partial charge in [-0.2, -0.15) is 5.10 Å². The van der Waals surface area contributed by atoms with Gasteiger partial charge in [-0.05, 0) is 61.6 Å². The molecule has 0 bridgehead atoms. The van der Waals surface area contributed by atoms with Crippen LogP contribution >= 0.6 is 11.6 Å². The number of para-hydroxylation sites is 2. The van der Waals surface area contributed by atoms with Crippen LogP contribution in [0.25, 0.3) is 0 Å². The minimum atomic E-state index is -0.314. The molecule has 0 radical (unpaired) electrons. The van der Waals surface area contributed by atoms with Crippen molar-refractivity contribution in [2.24, 2.45) is 7.05 Å². The normalized spacial score (nSPS) is 14.9. The van der Waals surface area contributed by atoms with E-state index in [1.807, 2.05) is 37.5 Å². The van der Waals surface area contributed by atoms with Crippen LogP contribution in [0.15, 0.2) is 54.9 Å². The summed E-state index contributed by atoms with van der Waals surface area (Å²) in [4.78, 5) is 27.6. The number of fused-ring (bicyclic) bond motifs is 2. The Kier molecular flexibility index (Phi) is 8.26. The fraction of sp³-hybridized carbons (Fsp3) is 0.346. The second-order valence-electron chi connectivity index (χ2n) is 8.48. The summed E-state index contributed by atoms with van der Waals surface area (Å²) in [7, 11) is 1.84. The largest absolute Gasteiger partial charge is 0.490 e. The molecule has 0 aliphatic carbocycles. The lowest BCUT2D eigenvalue weighted by Crippen LogP contribution is -2.38. The van der Waals surface area contributed by atoms with Crippen molar-refractivity contribution >= 4 is 29.1 Å². The van der Waals surface area contributed by atoms with Crippen molar-refractivity contribution in [2.45, 2.75) is 32.1 Å². The number of hydrogen-bond donors (Lipinski definition) is 1. The molecular formula is C26H29ClN4O4. The van der Waals surface area contributed by atoms with Gasteiger partial charge >= 0.3 is 0 Å². The highest BCUT2D eigenvalue weighted by Gasteiger charge is 2.19. The van der Waals surface area contributed by atoms with E-state index in [0.717, 1.165) is 24.8 Å². The van der Waals surface area contributed by atoms with Crippen LogP contribution in [0.3, 0.4) is 0 Å². The summed E-state index contributed by atoms with van der Waals surface area (Å²) in [6.07, 6.45) is 6.99. The molecule has 2 amide bonds. The standard InChI is InChI=1S/C26H29ClN4O4/c1-30-17-19(16-28-30)9-12-26(33)31-13-5-2-6-14-34-23-7-3-4-8-24(23)35-22-11-10-20(27)15-21(22)29-25(32)18-31/h3-4,7-8,10-11,15-17H,2,5-6,9,12-14,18H2,1H3,(H,29,32). The number of nitrogens with one attached hydrogen (secondary N) is 1. The maximum atomic E-state index is 13.0. The Bertz CT molecular complexity index is 1180. The van der Waals surface area contributed by atoms with Crippen molar-refractivity contribution < 1.29 is 19.1 Å². The SMILES string of the molecule is Cn1cc(CCC(=O)N2CCCCCOc3ccccc3Oc3ccc(Cl)cc3NC(=O)C2)cn1. The van der Waals surface area contributed by atoms with Crippen LogP contribution in [0.5, 0.6) is 17.2 Å². The van der Waals surface area contributed by atoms with Gasteiger partial charge in [-0.15, -0.1) is 0 Å². The molecule has 0 atom stereocenters. The second-order valence-corrected chi connectivity index (χ2v) is 8.92. The average Bonchev–Trinajstić information content (AvgIpc) is 3.26. The van der Waals surface area contributed by atoms with Crippen molar-refractivity contribution in [2.75, 3.05) is 25.0 Å². The third-order valence-corrected chi connectivity index (χ3v) is 5.92. The molecule has 184 valence electrons. The predicted molar refractivity (Wildman–Crippen MR) is 134 cm³/mol. The first-order valence-electron chi connectivity index (χ1n) is 11.7. The smallest absolute Gasteiger partial charge is 0.244 e. The van der Waals surface area contributed by atoms with Gasteiger partial charge in [0.05, 0.1) is 25.0 Å². The van der Waals surface area contributed by atoms with Gasteiger partial charge < -0.3 is 19.7 Å². The zero-order valence-electron chi connectivity index (χ0n) is 19.7. The number of benzene rings is 2. The molecule has 0 saturated heterocycles. The molecule has 0 fully saturated rings. The van der Waals surface area contributed by atoms with Crippen molar-refractivity contribution in [1.82, 2.24) is 14.7 Å². The zero-order valence-corrected chi connectivity index (χ0v) is 20.5. The Morgan fingerprint density at radius 2 is 1.94 bits per heavy atom. The molecule has 35 heavy (non-hydrogen) atoms. The molecule has 1 aliphatic heterocycles. The summed E-state index contributed by atoms with van der Waals surface area (Å²) in [6, 6.07) is 12.4. The topological polar surface area (TPSA) is 85.7 Å². The Morgan fingerprint density at radius 3 is 2.74 bits per heavy atom. The van der Waals surface area contributed by atoms with E-state index in [2.05, 4.69) is 10.4 Å². The van der Waals surface area contributed by atoms with Crippen molar-refractivity contribution in [3.05, 3.63) is 65.4 Å². The van der Waals surface area contributed by atoms with E-state index in [1.54, 1.807) is 34.0 Å². The number of anilines is 1. The maximum Gasteiger partial charge on any atom is 0.244 e. The molecule has 3 aromatic rings. The van der Waals surface area contributed by atoms with Crippen LogP contribution in [-0.2, 0) is 23.1 Å². The molecule has 0 unspecified atom stereocenters. The minimum absolute atomic E-state index is 0.0507. The summed E-state index contributed by atoms with van der Waals surface area (Å²) in [5.41, 5.74) is 1.41. The number of rotatable bonds is 3. The number of aryl methyl sites for hydroxylation is 2. The number of nitrogens with zero attached hydrogens (tertiary/aromatic N) is 3. The third kappa shape index (κ3) is 6.99. The van der Waals surface area contributed by atoms with Gasteiger partial charge in [0, 0.05) is 31.2 Å².